The lowest BCUT2D eigenvalue weighted by Crippen LogP contribution is -2.05. The van der Waals surface area contributed by atoms with Gasteiger partial charge in [0, 0.05) is 18.2 Å². The minimum absolute atomic E-state index is 0.121. The maximum atomic E-state index is 13.3. The van der Waals surface area contributed by atoms with Gasteiger partial charge in [-0.25, -0.2) is 9.37 Å². The molecule has 0 aliphatic rings. The second kappa shape index (κ2) is 3.83. The van der Waals surface area contributed by atoms with Crippen LogP contribution in [0.25, 0.3) is 0 Å². The summed E-state index contributed by atoms with van der Waals surface area (Å²) in [6, 6.07) is 0. The lowest BCUT2D eigenvalue weighted by Gasteiger charge is -2.03. The van der Waals surface area contributed by atoms with Crippen molar-refractivity contribution < 1.29 is 9.18 Å². The van der Waals surface area contributed by atoms with Gasteiger partial charge in [-0.1, -0.05) is 18.5 Å². The van der Waals surface area contributed by atoms with Crippen molar-refractivity contribution in [3.05, 3.63) is 28.3 Å². The van der Waals surface area contributed by atoms with E-state index in [9.17, 15) is 9.18 Å². The van der Waals surface area contributed by atoms with Gasteiger partial charge < -0.3 is 0 Å². The van der Waals surface area contributed by atoms with Crippen LogP contribution < -0.4 is 0 Å². The fraction of sp³-hybridized carbons (Fsp3) is 0.333. The summed E-state index contributed by atoms with van der Waals surface area (Å²) in [7, 11) is 0. The molecule has 1 aromatic rings. The number of nitrogens with zero attached hydrogens (tertiary/aromatic N) is 1. The number of rotatable bonds is 2. The molecule has 0 saturated carbocycles. The zero-order chi connectivity index (χ0) is 10.0. The smallest absolute Gasteiger partial charge is 0.183 e. The number of aromatic nitrogens is 1. The Hall–Kier alpha value is -0.960. The van der Waals surface area contributed by atoms with Gasteiger partial charge in [-0.2, -0.15) is 0 Å². The van der Waals surface area contributed by atoms with E-state index in [1.54, 1.807) is 6.92 Å². The van der Waals surface area contributed by atoms with E-state index in [0.29, 0.717) is 0 Å². The van der Waals surface area contributed by atoms with Crippen LogP contribution in [-0.4, -0.2) is 10.8 Å². The lowest BCUT2D eigenvalue weighted by molar-refractivity contribution is 0.0979. The molecule has 0 spiro atoms. The minimum Gasteiger partial charge on any atom is -0.292 e. The van der Waals surface area contributed by atoms with Crippen molar-refractivity contribution in [1.29, 1.82) is 0 Å². The molecular weight excluding hydrogens is 193 g/mol. The number of halogens is 2. The summed E-state index contributed by atoms with van der Waals surface area (Å²) < 4.78 is 13.3. The summed E-state index contributed by atoms with van der Waals surface area (Å²) in [5.74, 6) is -0.920. The van der Waals surface area contributed by atoms with Crippen LogP contribution in [0, 0.1) is 12.7 Å². The van der Waals surface area contributed by atoms with E-state index < -0.39 is 5.82 Å². The third-order valence-electron chi connectivity index (χ3n) is 1.79. The molecule has 0 aliphatic carbocycles. The van der Waals surface area contributed by atoms with Crippen molar-refractivity contribution in [2.24, 2.45) is 0 Å². The molecule has 0 bridgehead atoms. The predicted octanol–water partition coefficient (Wildman–Crippen LogP) is 2.78. The minimum atomic E-state index is -0.612. The fourth-order valence-corrected chi connectivity index (χ4v) is 1.05. The van der Waals surface area contributed by atoms with E-state index in [1.165, 1.54) is 13.1 Å². The highest BCUT2D eigenvalue weighted by atomic mass is 35.5. The van der Waals surface area contributed by atoms with E-state index >= 15 is 0 Å². The molecule has 1 heterocycles. The molecule has 0 aromatic carbocycles. The van der Waals surface area contributed by atoms with Crippen LogP contribution >= 0.6 is 11.6 Å². The Balaban J connectivity index is 3.26. The third kappa shape index (κ3) is 1.86. The summed E-state index contributed by atoms with van der Waals surface area (Å²) in [5.41, 5.74) is 0.151. The fourth-order valence-electron chi connectivity index (χ4n) is 0.919. The lowest BCUT2D eigenvalue weighted by atomic mass is 10.1. The van der Waals surface area contributed by atoms with Gasteiger partial charge in [0.2, 0.25) is 0 Å². The van der Waals surface area contributed by atoms with Gasteiger partial charge in [0.15, 0.2) is 11.6 Å². The van der Waals surface area contributed by atoms with Crippen LogP contribution in [0.3, 0.4) is 0 Å². The van der Waals surface area contributed by atoms with Gasteiger partial charge in [0.05, 0.1) is 5.02 Å². The van der Waals surface area contributed by atoms with Gasteiger partial charge in [-0.05, 0) is 6.92 Å². The Morgan fingerprint density at radius 2 is 2.31 bits per heavy atom. The average Bonchev–Trinajstić information content (AvgIpc) is 2.13. The van der Waals surface area contributed by atoms with Crippen LogP contribution in [0.2, 0.25) is 5.02 Å². The van der Waals surface area contributed by atoms with Gasteiger partial charge in [-0.3, -0.25) is 4.79 Å². The Kier molecular flexibility index (Phi) is 2.98. The molecule has 0 radical (unpaired) electrons. The molecule has 70 valence electrons. The first-order valence-electron chi connectivity index (χ1n) is 3.91. The van der Waals surface area contributed by atoms with E-state index in [2.05, 4.69) is 4.98 Å². The molecule has 4 heteroatoms. The molecule has 0 N–H and O–H groups in total. The zero-order valence-electron chi connectivity index (χ0n) is 7.40. The summed E-state index contributed by atoms with van der Waals surface area (Å²) in [6.45, 7) is 3.18. The SMILES string of the molecule is CCC(=O)c1ncc(Cl)c(C)c1F. The number of Topliss-reactive ketones (excluding diaryl/α,β-unsaturated/α-hetero) is 1. The van der Waals surface area contributed by atoms with Crippen molar-refractivity contribution >= 4 is 17.4 Å². The molecule has 0 fully saturated rings. The average molecular weight is 202 g/mol. The molecule has 0 saturated heterocycles. The van der Waals surface area contributed by atoms with Crippen molar-refractivity contribution in [1.82, 2.24) is 4.98 Å². The predicted molar refractivity (Wildman–Crippen MR) is 48.6 cm³/mol. The van der Waals surface area contributed by atoms with E-state index in [1.807, 2.05) is 0 Å². The molecule has 0 unspecified atom stereocenters. The van der Waals surface area contributed by atoms with Gasteiger partial charge >= 0.3 is 0 Å². The normalized spacial score (nSPS) is 10.2. The summed E-state index contributed by atoms with van der Waals surface area (Å²) in [6.07, 6.45) is 1.54. The number of carbonyl (C=O) groups is 1. The molecule has 0 atom stereocenters. The van der Waals surface area contributed by atoms with E-state index in [-0.39, 0.29) is 28.5 Å². The zero-order valence-corrected chi connectivity index (χ0v) is 8.15. The first-order chi connectivity index (χ1) is 6.07. The van der Waals surface area contributed by atoms with Crippen LogP contribution in [0.15, 0.2) is 6.20 Å². The maximum absolute atomic E-state index is 13.3. The molecule has 0 aliphatic heterocycles. The summed E-state index contributed by atoms with van der Waals surface area (Å²) in [5, 5.41) is 0.241. The van der Waals surface area contributed by atoms with Crippen molar-refractivity contribution in [2.45, 2.75) is 20.3 Å². The second-order valence-corrected chi connectivity index (χ2v) is 3.08. The Labute approximate surface area is 80.7 Å². The summed E-state index contributed by atoms with van der Waals surface area (Å²) >= 11 is 5.62. The number of pyridine rings is 1. The first-order valence-corrected chi connectivity index (χ1v) is 4.29. The molecule has 0 amide bonds. The Bertz CT molecular complexity index is 352. The highest BCUT2D eigenvalue weighted by Gasteiger charge is 2.15. The largest absolute Gasteiger partial charge is 0.292 e. The second-order valence-electron chi connectivity index (χ2n) is 2.67. The topological polar surface area (TPSA) is 30.0 Å². The number of carbonyl (C=O) groups excluding carboxylic acids is 1. The number of hydrogen-bond acceptors (Lipinski definition) is 2. The molecule has 1 aromatic heterocycles. The number of hydrogen-bond donors (Lipinski definition) is 0. The van der Waals surface area contributed by atoms with Crippen LogP contribution in [-0.2, 0) is 0 Å². The standard InChI is InChI=1S/C9H9ClFNO/c1-3-7(13)9-8(11)5(2)6(10)4-12-9/h4H,3H2,1-2H3. The van der Waals surface area contributed by atoms with Crippen molar-refractivity contribution in [2.75, 3.05) is 0 Å². The van der Waals surface area contributed by atoms with Crippen molar-refractivity contribution in [3.8, 4) is 0 Å². The summed E-state index contributed by atoms with van der Waals surface area (Å²) in [4.78, 5) is 14.8. The van der Waals surface area contributed by atoms with Crippen LogP contribution in [0.4, 0.5) is 4.39 Å². The first kappa shape index (κ1) is 10.1. The van der Waals surface area contributed by atoms with Crippen LogP contribution in [0.5, 0.6) is 0 Å². The maximum Gasteiger partial charge on any atom is 0.183 e. The monoisotopic (exact) mass is 201 g/mol. The van der Waals surface area contributed by atoms with E-state index in [4.69, 9.17) is 11.6 Å². The third-order valence-corrected chi connectivity index (χ3v) is 2.17. The van der Waals surface area contributed by atoms with Gasteiger partial charge in [-0.15, -0.1) is 0 Å². The Morgan fingerprint density at radius 1 is 1.69 bits per heavy atom. The molecule has 1 rings (SSSR count). The van der Waals surface area contributed by atoms with Gasteiger partial charge in [0.25, 0.3) is 0 Å². The van der Waals surface area contributed by atoms with Gasteiger partial charge in [0.1, 0.15) is 5.69 Å². The quantitative estimate of drug-likeness (QED) is 0.689. The molecular formula is C9H9ClFNO. The number of ketones is 1. The van der Waals surface area contributed by atoms with Crippen molar-refractivity contribution in [3.63, 3.8) is 0 Å². The molecule has 13 heavy (non-hydrogen) atoms. The highest BCUT2D eigenvalue weighted by molar-refractivity contribution is 6.31. The highest BCUT2D eigenvalue weighted by Crippen LogP contribution is 2.19. The van der Waals surface area contributed by atoms with Crippen LogP contribution in [0.1, 0.15) is 29.4 Å². The Morgan fingerprint density at radius 3 is 2.85 bits per heavy atom. The molecule has 2 nitrogen and oxygen atoms in total. The van der Waals surface area contributed by atoms with E-state index in [0.717, 1.165) is 0 Å².